The molecule has 166 valence electrons. The van der Waals surface area contributed by atoms with E-state index in [4.69, 9.17) is 0 Å². The number of aryl methyl sites for hydroxylation is 2. The Morgan fingerprint density at radius 1 is 0.875 bits per heavy atom. The Bertz CT molecular complexity index is 1300. The van der Waals surface area contributed by atoms with E-state index in [-0.39, 0.29) is 23.7 Å². The van der Waals surface area contributed by atoms with Crippen LogP contribution >= 0.6 is 0 Å². The summed E-state index contributed by atoms with van der Waals surface area (Å²) in [6.45, 7) is 2.90. The molecule has 0 aliphatic carbocycles. The molecule has 1 aromatic heterocycles. The minimum Gasteiger partial charge on any atom is -0.324 e. The van der Waals surface area contributed by atoms with Crippen LogP contribution in [0.3, 0.4) is 0 Å². The lowest BCUT2D eigenvalue weighted by Crippen LogP contribution is -2.46. The number of carbonyl (C=O) groups is 1. The predicted molar refractivity (Wildman–Crippen MR) is 108 cm³/mol. The van der Waals surface area contributed by atoms with Crippen molar-refractivity contribution in [1.29, 1.82) is 0 Å². The summed E-state index contributed by atoms with van der Waals surface area (Å²) in [5.74, 6) is -3.21. The van der Waals surface area contributed by atoms with E-state index in [9.17, 15) is 27.2 Å². The van der Waals surface area contributed by atoms with E-state index in [1.165, 1.54) is 30.0 Å². The van der Waals surface area contributed by atoms with Crippen LogP contribution in [0.2, 0.25) is 0 Å². The van der Waals surface area contributed by atoms with Gasteiger partial charge in [0.1, 0.15) is 23.9 Å². The molecule has 10 heteroatoms. The van der Waals surface area contributed by atoms with Crippen molar-refractivity contribution in [2.24, 2.45) is 0 Å². The molecule has 5 nitrogen and oxygen atoms in total. The second kappa shape index (κ2) is 7.47. The zero-order valence-corrected chi connectivity index (χ0v) is 16.8. The van der Waals surface area contributed by atoms with E-state index in [2.05, 4.69) is 4.98 Å². The van der Waals surface area contributed by atoms with Crippen LogP contribution in [0.4, 0.5) is 39.0 Å². The van der Waals surface area contributed by atoms with E-state index in [1.54, 1.807) is 6.92 Å². The summed E-state index contributed by atoms with van der Waals surface area (Å²) in [4.78, 5) is 29.8. The highest BCUT2D eigenvalue weighted by Gasteiger charge is 2.41. The number of aromatic nitrogens is 1. The Morgan fingerprint density at radius 2 is 1.53 bits per heavy atom. The monoisotopic (exact) mass is 449 g/mol. The van der Waals surface area contributed by atoms with Crippen molar-refractivity contribution in [3.8, 4) is 0 Å². The Kier molecular flexibility index (Phi) is 5.03. The normalized spacial score (nSPS) is 14.0. The first-order valence-electron chi connectivity index (χ1n) is 9.44. The largest absolute Gasteiger partial charge is 0.419 e. The summed E-state index contributed by atoms with van der Waals surface area (Å²) in [6, 6.07) is 7.88. The summed E-state index contributed by atoms with van der Waals surface area (Å²) < 4.78 is 68.8. The molecule has 0 saturated carbocycles. The summed E-state index contributed by atoms with van der Waals surface area (Å²) in [5, 5.41) is 0. The fourth-order valence-electron chi connectivity index (χ4n) is 3.81. The van der Waals surface area contributed by atoms with E-state index >= 15 is 4.39 Å². The second-order valence-corrected chi connectivity index (χ2v) is 7.39. The van der Waals surface area contributed by atoms with Gasteiger partial charge < -0.3 is 9.88 Å². The second-order valence-electron chi connectivity index (χ2n) is 7.39. The van der Waals surface area contributed by atoms with Crippen molar-refractivity contribution in [3.63, 3.8) is 0 Å². The first-order valence-corrected chi connectivity index (χ1v) is 9.44. The average Bonchev–Trinajstić information content (AvgIpc) is 2.68. The standard InChI is InChI=1S/C22H16F5N3O2/c1-11-9-13(23)3-5-15(11)29-10-30(16-7-8-18(31)28-12(16)2)21(32)19-17(29)6-4-14(20(19)24)22(25,26)27/h3-9H,10H2,1-2H3,(H,28,31). The maximum atomic E-state index is 15.1. The van der Waals surface area contributed by atoms with Gasteiger partial charge in [0.15, 0.2) is 0 Å². The molecular weight excluding hydrogens is 433 g/mol. The molecule has 32 heavy (non-hydrogen) atoms. The Labute approximate surface area is 178 Å². The zero-order valence-electron chi connectivity index (χ0n) is 16.8. The van der Waals surface area contributed by atoms with E-state index in [0.29, 0.717) is 17.3 Å². The minimum absolute atomic E-state index is 0.0754. The summed E-state index contributed by atoms with van der Waals surface area (Å²) in [7, 11) is 0. The Hall–Kier alpha value is -3.69. The number of hydrogen-bond donors (Lipinski definition) is 1. The van der Waals surface area contributed by atoms with Gasteiger partial charge in [0.25, 0.3) is 5.91 Å². The van der Waals surface area contributed by atoms with Gasteiger partial charge in [-0.3, -0.25) is 14.5 Å². The third-order valence-electron chi connectivity index (χ3n) is 5.29. The molecule has 2 aromatic carbocycles. The molecule has 0 fully saturated rings. The van der Waals surface area contributed by atoms with Crippen LogP contribution in [0.25, 0.3) is 0 Å². The number of alkyl halides is 3. The maximum absolute atomic E-state index is 15.1. The number of fused-ring (bicyclic) bond motifs is 1. The minimum atomic E-state index is -5.01. The average molecular weight is 449 g/mol. The molecule has 1 aliphatic heterocycles. The fourth-order valence-corrected chi connectivity index (χ4v) is 3.81. The van der Waals surface area contributed by atoms with Gasteiger partial charge in [-0.05, 0) is 55.8 Å². The molecule has 1 N–H and O–H groups in total. The SMILES string of the molecule is Cc1cc(F)ccc1N1CN(c2ccc(=O)[nH]c2C)C(=O)c2c1ccc(C(F)(F)F)c2F. The quantitative estimate of drug-likeness (QED) is 0.558. The highest BCUT2D eigenvalue weighted by molar-refractivity contribution is 6.13. The number of H-pyrrole nitrogens is 1. The van der Waals surface area contributed by atoms with Crippen LogP contribution in [0.15, 0.2) is 47.3 Å². The lowest BCUT2D eigenvalue weighted by atomic mass is 10.0. The van der Waals surface area contributed by atoms with Gasteiger partial charge in [-0.25, -0.2) is 8.78 Å². The number of pyridine rings is 1. The topological polar surface area (TPSA) is 56.4 Å². The molecule has 4 rings (SSSR count). The van der Waals surface area contributed by atoms with Gasteiger partial charge in [0.05, 0.1) is 16.9 Å². The highest BCUT2D eigenvalue weighted by atomic mass is 19.4. The van der Waals surface area contributed by atoms with Crippen LogP contribution in [-0.2, 0) is 6.18 Å². The third-order valence-corrected chi connectivity index (χ3v) is 5.29. The molecule has 0 unspecified atom stereocenters. The predicted octanol–water partition coefficient (Wildman–Crippen LogP) is 5.04. The van der Waals surface area contributed by atoms with Crippen LogP contribution in [-0.4, -0.2) is 17.6 Å². The fraction of sp³-hybridized carbons (Fsp3) is 0.182. The van der Waals surface area contributed by atoms with Crippen molar-refractivity contribution in [2.75, 3.05) is 16.5 Å². The molecule has 3 aromatic rings. The lowest BCUT2D eigenvalue weighted by molar-refractivity contribution is -0.140. The molecule has 0 atom stereocenters. The van der Waals surface area contributed by atoms with Crippen LogP contribution in [0.5, 0.6) is 0 Å². The number of nitrogens with one attached hydrogen (secondary N) is 1. The summed E-state index contributed by atoms with van der Waals surface area (Å²) in [5.41, 5.74) is -1.56. The van der Waals surface area contributed by atoms with Gasteiger partial charge in [0.2, 0.25) is 5.56 Å². The maximum Gasteiger partial charge on any atom is 0.419 e. The molecule has 0 bridgehead atoms. The van der Waals surface area contributed by atoms with Gasteiger partial charge in [0, 0.05) is 17.4 Å². The van der Waals surface area contributed by atoms with Gasteiger partial charge in [-0.1, -0.05) is 0 Å². The number of hydrogen-bond acceptors (Lipinski definition) is 3. The third kappa shape index (κ3) is 3.51. The molecule has 0 spiro atoms. The van der Waals surface area contributed by atoms with Crippen molar-refractivity contribution in [2.45, 2.75) is 20.0 Å². The summed E-state index contributed by atoms with van der Waals surface area (Å²) >= 11 is 0. The highest BCUT2D eigenvalue weighted by Crippen LogP contribution is 2.42. The van der Waals surface area contributed by atoms with Crippen LogP contribution in [0.1, 0.15) is 27.2 Å². The van der Waals surface area contributed by atoms with Gasteiger partial charge in [-0.15, -0.1) is 0 Å². The number of carbonyl (C=O) groups excluding carboxylic acids is 1. The van der Waals surface area contributed by atoms with Crippen molar-refractivity contribution in [3.05, 3.63) is 86.8 Å². The van der Waals surface area contributed by atoms with Crippen molar-refractivity contribution < 1.29 is 26.7 Å². The van der Waals surface area contributed by atoms with Gasteiger partial charge >= 0.3 is 6.18 Å². The number of benzene rings is 2. The van der Waals surface area contributed by atoms with Crippen molar-refractivity contribution in [1.82, 2.24) is 4.98 Å². The lowest BCUT2D eigenvalue weighted by Gasteiger charge is -2.39. The first kappa shape index (κ1) is 21.5. The molecular formula is C22H16F5N3O2. The van der Waals surface area contributed by atoms with Crippen LogP contribution in [0, 0.1) is 25.5 Å². The van der Waals surface area contributed by atoms with E-state index in [1.807, 2.05) is 0 Å². The number of anilines is 3. The smallest absolute Gasteiger partial charge is 0.324 e. The Balaban J connectivity index is 1.98. The zero-order chi connectivity index (χ0) is 23.4. The van der Waals surface area contributed by atoms with Crippen LogP contribution < -0.4 is 15.4 Å². The number of rotatable bonds is 2. The number of aromatic amines is 1. The molecule has 1 amide bonds. The van der Waals surface area contributed by atoms with E-state index in [0.717, 1.165) is 23.1 Å². The molecule has 1 aliphatic rings. The Morgan fingerprint density at radius 3 is 2.16 bits per heavy atom. The van der Waals surface area contributed by atoms with Crippen molar-refractivity contribution >= 4 is 23.0 Å². The first-order chi connectivity index (χ1) is 15.0. The van der Waals surface area contributed by atoms with E-state index < -0.39 is 40.4 Å². The molecule has 2 heterocycles. The number of halogens is 5. The van der Waals surface area contributed by atoms with Gasteiger partial charge in [-0.2, -0.15) is 13.2 Å². The number of nitrogens with zero attached hydrogens (tertiary/aromatic N) is 2. The summed E-state index contributed by atoms with van der Waals surface area (Å²) in [6.07, 6.45) is -5.01. The molecule has 0 saturated heterocycles. The number of amides is 1. The molecule has 0 radical (unpaired) electrons.